The van der Waals surface area contributed by atoms with Gasteiger partial charge >= 0.3 is 0 Å². The molecule has 3 nitrogen and oxygen atoms in total. The van der Waals surface area contributed by atoms with E-state index in [0.29, 0.717) is 6.42 Å². The second kappa shape index (κ2) is 8.48. The predicted octanol–water partition coefficient (Wildman–Crippen LogP) is 5.49. The molecule has 0 rings (SSSR count). The Morgan fingerprint density at radius 1 is 0.958 bits per heavy atom. The van der Waals surface area contributed by atoms with E-state index in [-0.39, 0.29) is 28.9 Å². The average Bonchev–Trinajstić information content (AvgIpc) is 2.34. The number of hydrogen-bond acceptors (Lipinski definition) is 3. The van der Waals surface area contributed by atoms with E-state index in [0.717, 1.165) is 0 Å². The van der Waals surface area contributed by atoms with Crippen LogP contribution in [0.4, 0.5) is 0 Å². The molecule has 0 unspecified atom stereocenters. The first-order valence-corrected chi connectivity index (χ1v) is 14.7. The fourth-order valence-electron chi connectivity index (χ4n) is 1.82. The minimum Gasteiger partial charge on any atom is -0.411 e. The highest BCUT2D eigenvalue weighted by molar-refractivity contribution is 6.74. The molecule has 0 aliphatic heterocycles. The summed E-state index contributed by atoms with van der Waals surface area (Å²) >= 11 is 0. The standard InChI is InChI=1S/C19H40O3Si2/c1-12-13-16(21-23(8,9)18(2,3)4)17(14-15-20)22-24(10,11)19(5,6)7/h13,16-17,20H,1,14-15H2,2-11H3/t16-,17-/m1/s1. The third-order valence-electron chi connectivity index (χ3n) is 5.55. The Labute approximate surface area is 152 Å². The van der Waals surface area contributed by atoms with Crippen molar-refractivity contribution in [3.63, 3.8) is 0 Å². The van der Waals surface area contributed by atoms with Crippen LogP contribution in [0.3, 0.4) is 0 Å². The van der Waals surface area contributed by atoms with Gasteiger partial charge in [0, 0.05) is 6.61 Å². The van der Waals surface area contributed by atoms with Gasteiger partial charge in [-0.2, -0.15) is 0 Å². The Morgan fingerprint density at radius 3 is 1.71 bits per heavy atom. The van der Waals surface area contributed by atoms with E-state index in [9.17, 15) is 5.11 Å². The maximum atomic E-state index is 9.55. The van der Waals surface area contributed by atoms with Crippen LogP contribution in [-0.2, 0) is 8.85 Å². The highest BCUT2D eigenvalue weighted by Crippen LogP contribution is 2.40. The lowest BCUT2D eigenvalue weighted by molar-refractivity contribution is 0.0456. The van der Waals surface area contributed by atoms with Crippen molar-refractivity contribution in [2.45, 2.75) is 96.4 Å². The minimum atomic E-state index is -1.96. The van der Waals surface area contributed by atoms with Crippen LogP contribution >= 0.6 is 0 Å². The Kier molecular flexibility index (Phi) is 8.42. The van der Waals surface area contributed by atoms with Gasteiger partial charge in [-0.05, 0) is 48.8 Å². The lowest BCUT2D eigenvalue weighted by Crippen LogP contribution is -2.51. The van der Waals surface area contributed by atoms with Gasteiger partial charge in [0.05, 0.1) is 12.2 Å². The van der Waals surface area contributed by atoms with E-state index in [1.54, 1.807) is 0 Å². The molecule has 5 heteroatoms. The largest absolute Gasteiger partial charge is 0.411 e. The maximum Gasteiger partial charge on any atom is 0.193 e. The van der Waals surface area contributed by atoms with E-state index in [1.165, 1.54) is 0 Å². The molecule has 0 saturated heterocycles. The molecule has 1 N–H and O–H groups in total. The number of aliphatic hydroxyl groups is 1. The van der Waals surface area contributed by atoms with Crippen molar-refractivity contribution in [1.82, 2.24) is 0 Å². The summed E-state index contributed by atoms with van der Waals surface area (Å²) in [5, 5.41) is 9.78. The summed E-state index contributed by atoms with van der Waals surface area (Å²) in [5.74, 6) is 0. The summed E-state index contributed by atoms with van der Waals surface area (Å²) in [6.07, 6.45) is 2.04. The van der Waals surface area contributed by atoms with Crippen LogP contribution < -0.4 is 0 Å². The van der Waals surface area contributed by atoms with Gasteiger partial charge in [-0.15, -0.1) is 5.73 Å². The van der Waals surface area contributed by atoms with Crippen molar-refractivity contribution in [2.24, 2.45) is 0 Å². The third-order valence-corrected chi connectivity index (χ3v) is 14.5. The van der Waals surface area contributed by atoms with Crippen LogP contribution in [0.5, 0.6) is 0 Å². The van der Waals surface area contributed by atoms with Crippen molar-refractivity contribution < 1.29 is 14.0 Å². The van der Waals surface area contributed by atoms with Gasteiger partial charge in [0.1, 0.15) is 0 Å². The molecule has 0 fully saturated rings. The molecule has 0 radical (unpaired) electrons. The van der Waals surface area contributed by atoms with Crippen molar-refractivity contribution in [3.8, 4) is 0 Å². The van der Waals surface area contributed by atoms with E-state index in [2.05, 4.69) is 80.0 Å². The summed E-state index contributed by atoms with van der Waals surface area (Å²) in [4.78, 5) is 0. The van der Waals surface area contributed by atoms with E-state index < -0.39 is 16.6 Å². The van der Waals surface area contributed by atoms with Gasteiger partial charge in [-0.25, -0.2) is 0 Å². The van der Waals surface area contributed by atoms with Crippen LogP contribution in [-0.4, -0.2) is 40.6 Å². The van der Waals surface area contributed by atoms with Gasteiger partial charge in [0.25, 0.3) is 0 Å². The van der Waals surface area contributed by atoms with Crippen molar-refractivity contribution >= 4 is 16.6 Å². The third kappa shape index (κ3) is 6.62. The van der Waals surface area contributed by atoms with Crippen LogP contribution in [0.15, 0.2) is 18.4 Å². The number of hydrogen-bond donors (Lipinski definition) is 1. The van der Waals surface area contributed by atoms with E-state index in [1.807, 2.05) is 6.08 Å². The lowest BCUT2D eigenvalue weighted by atomic mass is 10.1. The first kappa shape index (κ1) is 23.8. The second-order valence-electron chi connectivity index (χ2n) is 9.64. The molecular weight excluding hydrogens is 332 g/mol. The Morgan fingerprint density at radius 2 is 1.38 bits per heavy atom. The molecule has 0 spiro atoms. The zero-order valence-electron chi connectivity index (χ0n) is 17.6. The monoisotopic (exact) mass is 372 g/mol. The van der Waals surface area contributed by atoms with Crippen molar-refractivity contribution in [3.05, 3.63) is 18.4 Å². The molecule has 142 valence electrons. The molecule has 0 aliphatic carbocycles. The Bertz CT molecular complexity index is 439. The van der Waals surface area contributed by atoms with Crippen LogP contribution in [0.1, 0.15) is 48.0 Å². The second-order valence-corrected chi connectivity index (χ2v) is 19.2. The molecule has 2 atom stereocenters. The number of rotatable bonds is 8. The summed E-state index contributed by atoms with van der Waals surface area (Å²) in [7, 11) is -3.93. The summed E-state index contributed by atoms with van der Waals surface area (Å²) in [6.45, 7) is 26.1. The van der Waals surface area contributed by atoms with Gasteiger partial charge in [0.2, 0.25) is 0 Å². The first-order chi connectivity index (χ1) is 10.6. The topological polar surface area (TPSA) is 38.7 Å². The van der Waals surface area contributed by atoms with E-state index in [4.69, 9.17) is 8.85 Å². The predicted molar refractivity (Wildman–Crippen MR) is 110 cm³/mol. The van der Waals surface area contributed by atoms with Crippen LogP contribution in [0, 0.1) is 0 Å². The van der Waals surface area contributed by atoms with Crippen molar-refractivity contribution in [1.29, 1.82) is 0 Å². The van der Waals surface area contributed by atoms with Crippen LogP contribution in [0.25, 0.3) is 0 Å². The van der Waals surface area contributed by atoms with Crippen molar-refractivity contribution in [2.75, 3.05) is 6.61 Å². The molecule has 0 aromatic carbocycles. The molecular formula is C19H40O3Si2. The zero-order chi connectivity index (χ0) is 19.4. The lowest BCUT2D eigenvalue weighted by Gasteiger charge is -2.44. The Balaban J connectivity index is 5.58. The molecule has 0 aromatic rings. The quantitative estimate of drug-likeness (QED) is 0.452. The molecule has 0 amide bonds. The molecule has 0 aliphatic rings. The molecule has 24 heavy (non-hydrogen) atoms. The van der Waals surface area contributed by atoms with E-state index >= 15 is 0 Å². The highest BCUT2D eigenvalue weighted by atomic mass is 28.4. The van der Waals surface area contributed by atoms with Gasteiger partial charge in [-0.3, -0.25) is 0 Å². The smallest absolute Gasteiger partial charge is 0.193 e. The maximum absolute atomic E-state index is 9.55. The normalized spacial score (nSPS) is 16.5. The van der Waals surface area contributed by atoms with Gasteiger partial charge < -0.3 is 14.0 Å². The highest BCUT2D eigenvalue weighted by Gasteiger charge is 2.44. The van der Waals surface area contributed by atoms with Gasteiger partial charge in [0.15, 0.2) is 16.6 Å². The van der Waals surface area contributed by atoms with Crippen LogP contribution in [0.2, 0.25) is 36.3 Å². The SMILES string of the molecule is C=C=C[C@@H](O[Si](C)(C)C(C)(C)C)[C@@H](CCO)O[Si](C)(C)C(C)(C)C. The zero-order valence-corrected chi connectivity index (χ0v) is 19.6. The molecule has 0 aromatic heterocycles. The Hall–Kier alpha value is -0.166. The fourth-order valence-corrected chi connectivity index (χ4v) is 4.44. The summed E-state index contributed by atoms with van der Waals surface area (Å²) < 4.78 is 13.2. The minimum absolute atomic E-state index is 0.0850. The first-order valence-electron chi connectivity index (χ1n) is 8.91. The number of aliphatic hydroxyl groups excluding tert-OH is 1. The summed E-state index contributed by atoms with van der Waals surface area (Å²) in [5.41, 5.74) is 2.88. The molecule has 0 bridgehead atoms. The molecule has 0 saturated carbocycles. The fraction of sp³-hybridized carbons (Fsp3) is 0.842. The average molecular weight is 373 g/mol. The van der Waals surface area contributed by atoms with Gasteiger partial charge in [-0.1, -0.05) is 48.1 Å². The summed E-state index contributed by atoms with van der Waals surface area (Å²) in [6, 6.07) is 0. The molecule has 0 heterocycles.